The number of aryl methyl sites for hydroxylation is 2. The average Bonchev–Trinajstić information content (AvgIpc) is 3.22. The molecule has 1 aromatic heterocycles. The zero-order valence-corrected chi connectivity index (χ0v) is 19.7. The van der Waals surface area contributed by atoms with Gasteiger partial charge in [0.2, 0.25) is 0 Å². The zero-order chi connectivity index (χ0) is 23.6. The van der Waals surface area contributed by atoms with Crippen LogP contribution in [0, 0.1) is 6.92 Å². The maximum atomic E-state index is 12.2. The van der Waals surface area contributed by atoms with Crippen molar-refractivity contribution in [3.8, 4) is 17.0 Å². The number of ether oxygens (including phenoxy) is 1. The fourth-order valence-electron chi connectivity index (χ4n) is 3.70. The molecule has 0 bridgehead atoms. The van der Waals surface area contributed by atoms with E-state index < -0.39 is 6.10 Å². The second-order valence-electron chi connectivity index (χ2n) is 8.12. The molecule has 0 saturated carbocycles. The summed E-state index contributed by atoms with van der Waals surface area (Å²) in [5.74, 6) is 0.645. The number of hydrogen-bond donors (Lipinski definition) is 3. The maximum Gasteiger partial charge on any atom is 0.319 e. The van der Waals surface area contributed by atoms with Crippen molar-refractivity contribution in [2.45, 2.75) is 52.7 Å². The summed E-state index contributed by atoms with van der Waals surface area (Å²) >= 11 is 0. The van der Waals surface area contributed by atoms with E-state index in [-0.39, 0.29) is 6.03 Å². The molecule has 0 saturated heterocycles. The summed E-state index contributed by atoms with van der Waals surface area (Å²) in [4.78, 5) is 16.9. The number of amides is 2. The molecule has 0 fully saturated rings. The second kappa shape index (κ2) is 12.1. The molecular weight excluding hydrogens is 416 g/mol. The van der Waals surface area contributed by atoms with Gasteiger partial charge in [-0.1, -0.05) is 49.4 Å². The number of nitrogens with zero attached hydrogens (tertiary/aromatic N) is 2. The zero-order valence-electron chi connectivity index (χ0n) is 19.7. The molecule has 1 unspecified atom stereocenters. The van der Waals surface area contributed by atoms with Crippen LogP contribution < -0.4 is 15.4 Å². The Morgan fingerprint density at radius 2 is 1.97 bits per heavy atom. The predicted molar refractivity (Wildman–Crippen MR) is 132 cm³/mol. The summed E-state index contributed by atoms with van der Waals surface area (Å²) in [6, 6.07) is 15.6. The second-order valence-corrected chi connectivity index (χ2v) is 8.12. The number of para-hydroxylation sites is 1. The number of urea groups is 1. The van der Waals surface area contributed by atoms with Crippen molar-refractivity contribution < 1.29 is 14.6 Å². The highest BCUT2D eigenvalue weighted by atomic mass is 16.5. The first-order valence-electron chi connectivity index (χ1n) is 11.5. The Morgan fingerprint density at radius 1 is 1.18 bits per heavy atom. The molecule has 3 N–H and O–H groups in total. The van der Waals surface area contributed by atoms with Crippen LogP contribution in [-0.4, -0.2) is 39.9 Å². The minimum Gasteiger partial charge on any atom is -0.491 e. The van der Waals surface area contributed by atoms with Crippen molar-refractivity contribution in [3.63, 3.8) is 0 Å². The van der Waals surface area contributed by atoms with E-state index in [9.17, 15) is 9.90 Å². The summed E-state index contributed by atoms with van der Waals surface area (Å²) in [5.41, 5.74) is 4.97. The van der Waals surface area contributed by atoms with Crippen LogP contribution in [0.3, 0.4) is 0 Å². The number of rotatable bonds is 11. The summed E-state index contributed by atoms with van der Waals surface area (Å²) in [6.07, 6.45) is 3.67. The van der Waals surface area contributed by atoms with E-state index in [0.29, 0.717) is 31.0 Å². The summed E-state index contributed by atoms with van der Waals surface area (Å²) in [7, 11) is 0. The first-order valence-corrected chi connectivity index (χ1v) is 11.5. The molecule has 0 aliphatic rings. The third-order valence-corrected chi connectivity index (χ3v) is 5.45. The molecule has 3 aromatic rings. The minimum atomic E-state index is -0.449. The molecular formula is C26H34N4O3. The van der Waals surface area contributed by atoms with E-state index >= 15 is 0 Å². The molecule has 7 nitrogen and oxygen atoms in total. The van der Waals surface area contributed by atoms with E-state index in [0.717, 1.165) is 36.2 Å². The Balaban J connectivity index is 1.57. The summed E-state index contributed by atoms with van der Waals surface area (Å²) < 4.78 is 8.22. The summed E-state index contributed by atoms with van der Waals surface area (Å²) in [6.45, 7) is 7.50. The van der Waals surface area contributed by atoms with Crippen molar-refractivity contribution in [2.75, 3.05) is 18.5 Å². The Kier molecular flexibility index (Phi) is 8.89. The van der Waals surface area contributed by atoms with Crippen LogP contribution in [0.2, 0.25) is 0 Å². The number of aliphatic hydroxyl groups excluding tert-OH is 1. The standard InChI is InChI=1S/C26H34N4O3/c1-4-22-25(21-11-6-5-7-12-21)28-18-30(22)16-9-17-33-23-13-8-10-19(2)24(23)29-26(32)27-15-14-20(3)31/h5-8,10-13,18,20,31H,4,9,14-17H2,1-3H3,(H2,27,29,32). The largest absolute Gasteiger partial charge is 0.491 e. The van der Waals surface area contributed by atoms with Crippen molar-refractivity contribution in [3.05, 3.63) is 66.1 Å². The molecule has 33 heavy (non-hydrogen) atoms. The SMILES string of the molecule is CCc1c(-c2ccccc2)ncn1CCCOc1cccc(C)c1NC(=O)NCCC(C)O. The topological polar surface area (TPSA) is 88.4 Å². The molecule has 0 radical (unpaired) electrons. The average molecular weight is 451 g/mol. The van der Waals surface area contributed by atoms with Crippen LogP contribution in [-0.2, 0) is 13.0 Å². The highest BCUT2D eigenvalue weighted by molar-refractivity contribution is 5.91. The van der Waals surface area contributed by atoms with E-state index in [1.54, 1.807) is 6.92 Å². The lowest BCUT2D eigenvalue weighted by Gasteiger charge is -2.16. The molecule has 0 aliphatic heterocycles. The van der Waals surface area contributed by atoms with Crippen molar-refractivity contribution >= 4 is 11.7 Å². The number of carbonyl (C=O) groups excluding carboxylic acids is 1. The van der Waals surface area contributed by atoms with Gasteiger partial charge in [-0.3, -0.25) is 0 Å². The van der Waals surface area contributed by atoms with Gasteiger partial charge in [0.15, 0.2) is 0 Å². The van der Waals surface area contributed by atoms with E-state index in [2.05, 4.69) is 39.2 Å². The lowest BCUT2D eigenvalue weighted by Crippen LogP contribution is -2.31. The van der Waals surface area contributed by atoms with Crippen molar-refractivity contribution in [1.82, 2.24) is 14.9 Å². The Labute approximate surface area is 195 Å². The van der Waals surface area contributed by atoms with Crippen LogP contribution >= 0.6 is 0 Å². The molecule has 1 atom stereocenters. The minimum absolute atomic E-state index is 0.311. The van der Waals surface area contributed by atoms with Gasteiger partial charge in [0.1, 0.15) is 5.75 Å². The van der Waals surface area contributed by atoms with Crippen LogP contribution in [0.5, 0.6) is 5.75 Å². The fourth-order valence-corrected chi connectivity index (χ4v) is 3.70. The third kappa shape index (κ3) is 6.83. The van der Waals surface area contributed by atoms with Gasteiger partial charge in [0.05, 0.1) is 30.4 Å². The number of carbonyl (C=O) groups is 1. The van der Waals surface area contributed by atoms with Gasteiger partial charge in [-0.15, -0.1) is 0 Å². The molecule has 7 heteroatoms. The van der Waals surface area contributed by atoms with Gasteiger partial charge >= 0.3 is 6.03 Å². The Bertz CT molecular complexity index is 1030. The number of aromatic nitrogens is 2. The number of aliphatic hydroxyl groups is 1. The van der Waals surface area contributed by atoms with Gasteiger partial charge in [0.25, 0.3) is 0 Å². The molecule has 0 aliphatic carbocycles. The lowest BCUT2D eigenvalue weighted by atomic mass is 10.1. The van der Waals surface area contributed by atoms with Crippen LogP contribution in [0.4, 0.5) is 10.5 Å². The monoisotopic (exact) mass is 450 g/mol. The highest BCUT2D eigenvalue weighted by Gasteiger charge is 2.13. The normalized spacial score (nSPS) is 11.8. The number of benzene rings is 2. The van der Waals surface area contributed by atoms with E-state index in [1.807, 2.05) is 49.6 Å². The number of nitrogens with one attached hydrogen (secondary N) is 2. The van der Waals surface area contributed by atoms with Crippen molar-refractivity contribution in [1.29, 1.82) is 0 Å². The van der Waals surface area contributed by atoms with Crippen LogP contribution in [0.15, 0.2) is 54.9 Å². The van der Waals surface area contributed by atoms with Crippen molar-refractivity contribution in [2.24, 2.45) is 0 Å². The number of hydrogen-bond acceptors (Lipinski definition) is 4. The highest BCUT2D eigenvalue weighted by Crippen LogP contribution is 2.28. The molecule has 0 spiro atoms. The Hall–Kier alpha value is -3.32. The predicted octanol–water partition coefficient (Wildman–Crippen LogP) is 4.78. The first-order chi connectivity index (χ1) is 16.0. The van der Waals surface area contributed by atoms with Gasteiger partial charge in [-0.25, -0.2) is 9.78 Å². The van der Waals surface area contributed by atoms with Crippen LogP contribution in [0.25, 0.3) is 11.3 Å². The van der Waals surface area contributed by atoms with Gasteiger partial charge in [0, 0.05) is 24.3 Å². The Morgan fingerprint density at radius 3 is 2.70 bits per heavy atom. The van der Waals surface area contributed by atoms with Gasteiger partial charge < -0.3 is 25.0 Å². The summed E-state index contributed by atoms with van der Waals surface area (Å²) in [5, 5.41) is 15.0. The smallest absolute Gasteiger partial charge is 0.319 e. The maximum absolute atomic E-state index is 12.2. The molecule has 2 aromatic carbocycles. The van der Waals surface area contributed by atoms with E-state index in [1.165, 1.54) is 5.69 Å². The molecule has 176 valence electrons. The first kappa shape index (κ1) is 24.3. The molecule has 2 amide bonds. The molecule has 3 rings (SSSR count). The lowest BCUT2D eigenvalue weighted by molar-refractivity contribution is 0.184. The van der Waals surface area contributed by atoms with Crippen LogP contribution in [0.1, 0.15) is 37.9 Å². The number of imidazole rings is 1. The number of anilines is 1. The molecule has 1 heterocycles. The van der Waals surface area contributed by atoms with Gasteiger partial charge in [-0.2, -0.15) is 0 Å². The van der Waals surface area contributed by atoms with E-state index in [4.69, 9.17) is 4.74 Å². The quantitative estimate of drug-likeness (QED) is 0.367. The van der Waals surface area contributed by atoms with Gasteiger partial charge in [-0.05, 0) is 44.7 Å². The third-order valence-electron chi connectivity index (χ3n) is 5.45. The fraction of sp³-hybridized carbons (Fsp3) is 0.385.